The van der Waals surface area contributed by atoms with Crippen molar-refractivity contribution in [1.82, 2.24) is 10.3 Å². The summed E-state index contributed by atoms with van der Waals surface area (Å²) >= 11 is 0. The van der Waals surface area contributed by atoms with Crippen molar-refractivity contribution in [2.75, 3.05) is 18.0 Å². The lowest BCUT2D eigenvalue weighted by Gasteiger charge is -2.30. The average molecular weight is 249 g/mol. The van der Waals surface area contributed by atoms with E-state index in [1.54, 1.807) is 0 Å². The van der Waals surface area contributed by atoms with Crippen LogP contribution in [0.2, 0.25) is 0 Å². The first-order valence-corrected chi connectivity index (χ1v) is 7.15. The van der Waals surface area contributed by atoms with Crippen molar-refractivity contribution in [3.05, 3.63) is 23.9 Å². The van der Waals surface area contributed by atoms with E-state index >= 15 is 0 Å². The fourth-order valence-electron chi connectivity index (χ4n) is 2.12. The minimum Gasteiger partial charge on any atom is -0.354 e. The fourth-order valence-corrected chi connectivity index (χ4v) is 2.12. The first-order chi connectivity index (χ1) is 8.74. The molecule has 0 radical (unpaired) electrons. The Balaban J connectivity index is 2.85. The van der Waals surface area contributed by atoms with Gasteiger partial charge < -0.3 is 10.2 Å². The quantitative estimate of drug-likeness (QED) is 0.717. The first-order valence-electron chi connectivity index (χ1n) is 7.15. The van der Waals surface area contributed by atoms with Crippen molar-refractivity contribution in [2.24, 2.45) is 0 Å². The van der Waals surface area contributed by atoms with E-state index < -0.39 is 0 Å². The molecule has 0 spiro atoms. The lowest BCUT2D eigenvalue weighted by molar-refractivity contribution is 0.613. The van der Waals surface area contributed by atoms with E-state index in [1.807, 2.05) is 12.3 Å². The minimum absolute atomic E-state index is 0.537. The van der Waals surface area contributed by atoms with Crippen LogP contribution in [-0.2, 0) is 6.54 Å². The Bertz CT molecular complexity index is 338. The summed E-state index contributed by atoms with van der Waals surface area (Å²) in [5.74, 6) is 1.14. The molecule has 0 saturated carbocycles. The molecule has 0 bridgehead atoms. The van der Waals surface area contributed by atoms with Crippen LogP contribution in [0.4, 0.5) is 5.82 Å². The average Bonchev–Trinajstić information content (AvgIpc) is 2.41. The zero-order chi connectivity index (χ0) is 13.4. The molecule has 0 aliphatic carbocycles. The zero-order valence-corrected chi connectivity index (χ0v) is 12.2. The van der Waals surface area contributed by atoms with Crippen molar-refractivity contribution >= 4 is 5.82 Å². The lowest BCUT2D eigenvalue weighted by atomic mass is 10.1. The number of anilines is 1. The molecule has 1 aromatic rings. The van der Waals surface area contributed by atoms with E-state index in [-0.39, 0.29) is 0 Å². The van der Waals surface area contributed by atoms with Gasteiger partial charge in [0.25, 0.3) is 0 Å². The van der Waals surface area contributed by atoms with Gasteiger partial charge in [-0.2, -0.15) is 0 Å². The summed E-state index contributed by atoms with van der Waals surface area (Å²) in [5.41, 5.74) is 1.30. The maximum atomic E-state index is 4.58. The Labute approximate surface area is 112 Å². The zero-order valence-electron chi connectivity index (χ0n) is 12.2. The highest BCUT2D eigenvalue weighted by atomic mass is 15.2. The molecule has 0 amide bonds. The second kappa shape index (κ2) is 8.09. The van der Waals surface area contributed by atoms with E-state index in [4.69, 9.17) is 0 Å². The van der Waals surface area contributed by atoms with Crippen molar-refractivity contribution < 1.29 is 0 Å². The van der Waals surface area contributed by atoms with Gasteiger partial charge in [-0.3, -0.25) is 0 Å². The molecular weight excluding hydrogens is 222 g/mol. The number of hydrogen-bond donors (Lipinski definition) is 1. The van der Waals surface area contributed by atoms with Gasteiger partial charge in [0, 0.05) is 30.9 Å². The second-order valence-corrected chi connectivity index (χ2v) is 4.71. The summed E-state index contributed by atoms with van der Waals surface area (Å²) in [5, 5.41) is 3.46. The van der Waals surface area contributed by atoms with Crippen LogP contribution in [0.5, 0.6) is 0 Å². The van der Waals surface area contributed by atoms with Gasteiger partial charge >= 0.3 is 0 Å². The molecule has 3 heteroatoms. The molecule has 0 fully saturated rings. The van der Waals surface area contributed by atoms with Crippen LogP contribution in [-0.4, -0.2) is 24.1 Å². The molecule has 1 aromatic heterocycles. The smallest absolute Gasteiger partial charge is 0.133 e. The van der Waals surface area contributed by atoms with Crippen LogP contribution < -0.4 is 10.2 Å². The number of nitrogens with one attached hydrogen (secondary N) is 1. The number of pyridine rings is 1. The van der Waals surface area contributed by atoms with E-state index in [0.717, 1.165) is 31.9 Å². The monoisotopic (exact) mass is 249 g/mol. The van der Waals surface area contributed by atoms with Gasteiger partial charge in [-0.05, 0) is 39.3 Å². The Kier molecular flexibility index (Phi) is 6.73. The predicted octanol–water partition coefficient (Wildman–Crippen LogP) is 3.21. The number of rotatable bonds is 8. The Morgan fingerprint density at radius 1 is 1.33 bits per heavy atom. The molecule has 18 heavy (non-hydrogen) atoms. The molecule has 1 N–H and O–H groups in total. The lowest BCUT2D eigenvalue weighted by Crippen LogP contribution is -2.34. The number of nitrogens with zero attached hydrogens (tertiary/aromatic N) is 2. The van der Waals surface area contributed by atoms with E-state index in [1.165, 1.54) is 12.0 Å². The summed E-state index contributed by atoms with van der Waals surface area (Å²) in [6.45, 7) is 11.9. The van der Waals surface area contributed by atoms with Crippen molar-refractivity contribution in [1.29, 1.82) is 0 Å². The molecule has 0 aromatic carbocycles. The maximum absolute atomic E-state index is 4.58. The molecule has 3 nitrogen and oxygen atoms in total. The minimum atomic E-state index is 0.537. The molecular formula is C15H27N3. The highest BCUT2D eigenvalue weighted by Crippen LogP contribution is 2.20. The van der Waals surface area contributed by atoms with E-state index in [2.05, 4.69) is 49.0 Å². The third kappa shape index (κ3) is 3.98. The third-order valence-corrected chi connectivity index (χ3v) is 3.35. The standard InChI is InChI=1S/C15H27N3/c1-5-10-16-12-14-9-8-11-17-15(14)18(7-3)13(4)6-2/h8-9,11,13,16H,5-7,10,12H2,1-4H3. The van der Waals surface area contributed by atoms with Crippen molar-refractivity contribution in [2.45, 2.75) is 53.1 Å². The largest absolute Gasteiger partial charge is 0.354 e. The normalized spacial score (nSPS) is 12.4. The highest BCUT2D eigenvalue weighted by molar-refractivity contribution is 5.47. The Hall–Kier alpha value is -1.09. The van der Waals surface area contributed by atoms with Gasteiger partial charge in [-0.1, -0.05) is 19.9 Å². The van der Waals surface area contributed by atoms with Crippen LogP contribution in [0, 0.1) is 0 Å². The van der Waals surface area contributed by atoms with Gasteiger partial charge in [-0.15, -0.1) is 0 Å². The van der Waals surface area contributed by atoms with Crippen LogP contribution in [0.3, 0.4) is 0 Å². The molecule has 0 aliphatic heterocycles. The first kappa shape index (κ1) is 15.0. The molecule has 1 rings (SSSR count). The van der Waals surface area contributed by atoms with Crippen LogP contribution in [0.1, 0.15) is 46.1 Å². The molecule has 1 heterocycles. The van der Waals surface area contributed by atoms with Crippen molar-refractivity contribution in [3.63, 3.8) is 0 Å². The predicted molar refractivity (Wildman–Crippen MR) is 79.0 cm³/mol. The van der Waals surface area contributed by atoms with Gasteiger partial charge in [0.05, 0.1) is 0 Å². The molecule has 102 valence electrons. The van der Waals surface area contributed by atoms with Gasteiger partial charge in [0.15, 0.2) is 0 Å². The Morgan fingerprint density at radius 3 is 2.72 bits per heavy atom. The highest BCUT2D eigenvalue weighted by Gasteiger charge is 2.15. The maximum Gasteiger partial charge on any atom is 0.133 e. The SMILES string of the molecule is CCCNCc1cccnc1N(CC)C(C)CC. The Morgan fingerprint density at radius 2 is 2.11 bits per heavy atom. The molecule has 0 aliphatic rings. The van der Waals surface area contributed by atoms with E-state index in [0.29, 0.717) is 6.04 Å². The summed E-state index contributed by atoms with van der Waals surface area (Å²) in [4.78, 5) is 6.98. The second-order valence-electron chi connectivity index (χ2n) is 4.71. The van der Waals surface area contributed by atoms with E-state index in [9.17, 15) is 0 Å². The summed E-state index contributed by atoms with van der Waals surface area (Å²) in [6.07, 6.45) is 4.20. The topological polar surface area (TPSA) is 28.2 Å². The van der Waals surface area contributed by atoms with Crippen LogP contribution in [0.15, 0.2) is 18.3 Å². The van der Waals surface area contributed by atoms with Crippen LogP contribution in [0.25, 0.3) is 0 Å². The van der Waals surface area contributed by atoms with Gasteiger partial charge in [-0.25, -0.2) is 4.98 Å². The molecule has 1 unspecified atom stereocenters. The molecule has 1 atom stereocenters. The fraction of sp³-hybridized carbons (Fsp3) is 0.667. The summed E-state index contributed by atoms with van der Waals surface area (Å²) in [6, 6.07) is 4.74. The number of aromatic nitrogens is 1. The summed E-state index contributed by atoms with van der Waals surface area (Å²) in [7, 11) is 0. The van der Waals surface area contributed by atoms with Gasteiger partial charge in [0.2, 0.25) is 0 Å². The number of hydrogen-bond acceptors (Lipinski definition) is 3. The molecule has 0 saturated heterocycles. The van der Waals surface area contributed by atoms with Crippen LogP contribution >= 0.6 is 0 Å². The third-order valence-electron chi connectivity index (χ3n) is 3.35. The van der Waals surface area contributed by atoms with Crippen molar-refractivity contribution in [3.8, 4) is 0 Å². The van der Waals surface area contributed by atoms with Gasteiger partial charge in [0.1, 0.15) is 5.82 Å². The summed E-state index contributed by atoms with van der Waals surface area (Å²) < 4.78 is 0.